The van der Waals surface area contributed by atoms with E-state index in [9.17, 15) is 4.79 Å². The summed E-state index contributed by atoms with van der Waals surface area (Å²) in [6.07, 6.45) is 0. The van der Waals surface area contributed by atoms with Crippen molar-refractivity contribution < 1.29 is 4.79 Å². The second kappa shape index (κ2) is 8.91. The minimum Gasteiger partial charge on any atom is -0.338 e. The number of hydrogen-bond donors (Lipinski definition) is 2. The van der Waals surface area contributed by atoms with Gasteiger partial charge in [-0.05, 0) is 30.5 Å². The molecule has 2 aromatic rings. The maximum atomic E-state index is 13.0. The molecule has 140 valence electrons. The molecule has 2 N–H and O–H groups in total. The number of thioether (sulfide) groups is 1. The van der Waals surface area contributed by atoms with Crippen molar-refractivity contribution in [3.05, 3.63) is 77.5 Å². The molecular formula is C22H25N3OS. The third-order valence-corrected chi connectivity index (χ3v) is 5.48. The summed E-state index contributed by atoms with van der Waals surface area (Å²) in [7, 11) is 0. The molecule has 5 heteroatoms. The Kier molecular flexibility index (Phi) is 6.35. The van der Waals surface area contributed by atoms with Crippen molar-refractivity contribution in [3.8, 4) is 0 Å². The summed E-state index contributed by atoms with van der Waals surface area (Å²) in [5.74, 6) is 1.42. The maximum absolute atomic E-state index is 13.0. The van der Waals surface area contributed by atoms with Crippen LogP contribution in [0.3, 0.4) is 0 Å². The van der Waals surface area contributed by atoms with E-state index in [-0.39, 0.29) is 11.9 Å². The van der Waals surface area contributed by atoms with Crippen LogP contribution in [0, 0.1) is 5.92 Å². The van der Waals surface area contributed by atoms with Crippen LogP contribution in [0.25, 0.3) is 0 Å². The largest absolute Gasteiger partial charge is 0.338 e. The average Bonchev–Trinajstić information content (AvgIpc) is 2.67. The summed E-state index contributed by atoms with van der Waals surface area (Å²) in [5.41, 5.74) is 3.29. The first-order valence-corrected chi connectivity index (χ1v) is 10.1. The molecule has 0 fully saturated rings. The summed E-state index contributed by atoms with van der Waals surface area (Å²) in [4.78, 5) is 17.9. The van der Waals surface area contributed by atoms with Gasteiger partial charge in [0, 0.05) is 17.1 Å². The van der Waals surface area contributed by atoms with E-state index in [1.165, 1.54) is 0 Å². The lowest BCUT2D eigenvalue weighted by molar-refractivity contribution is -0.113. The number of anilines is 1. The van der Waals surface area contributed by atoms with Gasteiger partial charge in [-0.25, -0.2) is 4.99 Å². The third-order valence-electron chi connectivity index (χ3n) is 4.16. The monoisotopic (exact) mass is 379 g/mol. The van der Waals surface area contributed by atoms with Crippen LogP contribution in [-0.4, -0.2) is 16.8 Å². The molecule has 1 aliphatic rings. The van der Waals surface area contributed by atoms with Crippen LogP contribution in [0.2, 0.25) is 0 Å². The van der Waals surface area contributed by atoms with E-state index >= 15 is 0 Å². The highest BCUT2D eigenvalue weighted by molar-refractivity contribution is 8.13. The van der Waals surface area contributed by atoms with Gasteiger partial charge in [-0.2, -0.15) is 0 Å². The predicted molar refractivity (Wildman–Crippen MR) is 115 cm³/mol. The standard InChI is InChI=1S/C22H25N3OS/c1-15(2)14-27-22-23-16(3)19(20(25-22)17-10-6-4-7-11-17)21(26)24-18-12-8-5-9-13-18/h4-13,15,20H,14H2,1-3H3,(H,23,25)(H,24,26)/t20-/m1/s1. The molecule has 0 unspecified atom stereocenters. The fourth-order valence-electron chi connectivity index (χ4n) is 2.86. The van der Waals surface area contributed by atoms with Gasteiger partial charge in [0.2, 0.25) is 0 Å². The zero-order chi connectivity index (χ0) is 19.2. The van der Waals surface area contributed by atoms with Gasteiger partial charge in [-0.3, -0.25) is 4.79 Å². The van der Waals surface area contributed by atoms with Crippen LogP contribution in [0.5, 0.6) is 0 Å². The predicted octanol–water partition coefficient (Wildman–Crippen LogP) is 4.99. The van der Waals surface area contributed by atoms with E-state index in [2.05, 4.69) is 24.5 Å². The van der Waals surface area contributed by atoms with E-state index in [0.29, 0.717) is 11.5 Å². The van der Waals surface area contributed by atoms with Crippen molar-refractivity contribution in [1.29, 1.82) is 0 Å². The lowest BCUT2D eigenvalue weighted by Crippen LogP contribution is -2.32. The number of hydrogen-bond acceptors (Lipinski definition) is 4. The molecule has 4 nitrogen and oxygen atoms in total. The molecule has 0 radical (unpaired) electrons. The number of carbonyl (C=O) groups is 1. The number of amides is 1. The van der Waals surface area contributed by atoms with E-state index in [4.69, 9.17) is 4.99 Å². The summed E-state index contributed by atoms with van der Waals surface area (Å²) in [5, 5.41) is 7.18. The van der Waals surface area contributed by atoms with E-state index in [1.54, 1.807) is 11.8 Å². The van der Waals surface area contributed by atoms with Gasteiger partial charge in [-0.15, -0.1) is 0 Å². The van der Waals surface area contributed by atoms with Crippen molar-refractivity contribution >= 4 is 28.5 Å². The Balaban J connectivity index is 1.90. The number of aliphatic imine (C=N–C) groups is 1. The van der Waals surface area contributed by atoms with E-state index < -0.39 is 0 Å². The Morgan fingerprint density at radius 3 is 2.37 bits per heavy atom. The van der Waals surface area contributed by atoms with Crippen LogP contribution in [0.1, 0.15) is 32.4 Å². The van der Waals surface area contributed by atoms with Crippen LogP contribution in [-0.2, 0) is 4.79 Å². The SMILES string of the molecule is CC1=C(C(=O)Nc2ccccc2)[C@@H](c2ccccc2)N=C(SCC(C)C)N1. The Morgan fingerprint density at radius 1 is 1.11 bits per heavy atom. The fourth-order valence-corrected chi connectivity index (χ4v) is 3.75. The Hall–Kier alpha value is -2.53. The fraction of sp³-hybridized carbons (Fsp3) is 0.273. The van der Waals surface area contributed by atoms with Crippen LogP contribution in [0.15, 0.2) is 76.9 Å². The van der Waals surface area contributed by atoms with Crippen LogP contribution < -0.4 is 10.6 Å². The Bertz CT molecular complexity index is 844. The number of carbonyl (C=O) groups excluding carboxylic acids is 1. The van der Waals surface area contributed by atoms with Crippen molar-refractivity contribution in [1.82, 2.24) is 5.32 Å². The molecule has 1 aliphatic heterocycles. The topological polar surface area (TPSA) is 53.5 Å². The number of nitrogens with one attached hydrogen (secondary N) is 2. The molecule has 0 spiro atoms. The van der Waals surface area contributed by atoms with Gasteiger partial charge in [0.05, 0.1) is 5.57 Å². The molecule has 0 bridgehead atoms. The van der Waals surface area contributed by atoms with Gasteiger partial charge >= 0.3 is 0 Å². The third kappa shape index (κ3) is 5.01. The van der Waals surface area contributed by atoms with Crippen molar-refractivity contribution in [2.75, 3.05) is 11.1 Å². The summed E-state index contributed by atoms with van der Waals surface area (Å²) >= 11 is 1.70. The zero-order valence-electron chi connectivity index (χ0n) is 15.9. The van der Waals surface area contributed by atoms with Gasteiger partial charge in [0.25, 0.3) is 5.91 Å². The molecule has 1 amide bonds. The van der Waals surface area contributed by atoms with Crippen molar-refractivity contribution in [2.24, 2.45) is 10.9 Å². The first-order valence-electron chi connectivity index (χ1n) is 9.14. The van der Waals surface area contributed by atoms with Crippen molar-refractivity contribution in [2.45, 2.75) is 26.8 Å². The zero-order valence-corrected chi connectivity index (χ0v) is 16.7. The summed E-state index contributed by atoms with van der Waals surface area (Å²) < 4.78 is 0. The average molecular weight is 380 g/mol. The minimum absolute atomic E-state index is 0.128. The van der Waals surface area contributed by atoms with E-state index in [1.807, 2.05) is 67.6 Å². The Labute approximate surface area is 165 Å². The molecule has 3 rings (SSSR count). The minimum atomic E-state index is -0.314. The lowest BCUT2D eigenvalue weighted by atomic mass is 9.96. The first kappa shape index (κ1) is 19.2. The molecule has 0 aromatic heterocycles. The van der Waals surface area contributed by atoms with Crippen LogP contribution in [0.4, 0.5) is 5.69 Å². The molecule has 1 atom stereocenters. The number of benzene rings is 2. The highest BCUT2D eigenvalue weighted by atomic mass is 32.2. The highest BCUT2D eigenvalue weighted by Gasteiger charge is 2.29. The second-order valence-corrected chi connectivity index (χ2v) is 7.94. The van der Waals surface area contributed by atoms with Crippen LogP contribution >= 0.6 is 11.8 Å². The number of amidine groups is 1. The molecular weight excluding hydrogens is 354 g/mol. The highest BCUT2D eigenvalue weighted by Crippen LogP contribution is 2.33. The smallest absolute Gasteiger partial charge is 0.255 e. The van der Waals surface area contributed by atoms with Gasteiger partial charge in [-0.1, -0.05) is 74.1 Å². The summed E-state index contributed by atoms with van der Waals surface area (Å²) in [6.45, 7) is 6.32. The number of para-hydroxylation sites is 1. The number of rotatable bonds is 5. The van der Waals surface area contributed by atoms with E-state index in [0.717, 1.165) is 27.9 Å². The van der Waals surface area contributed by atoms with Gasteiger partial charge in [0.1, 0.15) is 6.04 Å². The number of nitrogens with zero attached hydrogens (tertiary/aromatic N) is 1. The molecule has 0 saturated heterocycles. The Morgan fingerprint density at radius 2 is 1.74 bits per heavy atom. The molecule has 27 heavy (non-hydrogen) atoms. The molecule has 0 saturated carbocycles. The molecule has 2 aromatic carbocycles. The molecule has 0 aliphatic carbocycles. The first-order chi connectivity index (χ1) is 13.0. The normalized spacial score (nSPS) is 16.7. The summed E-state index contributed by atoms with van der Waals surface area (Å²) in [6, 6.07) is 19.2. The van der Waals surface area contributed by atoms with Gasteiger partial charge in [0.15, 0.2) is 5.17 Å². The second-order valence-electron chi connectivity index (χ2n) is 6.94. The van der Waals surface area contributed by atoms with Gasteiger partial charge < -0.3 is 10.6 Å². The molecule has 1 heterocycles. The maximum Gasteiger partial charge on any atom is 0.255 e. The lowest BCUT2D eigenvalue weighted by Gasteiger charge is -2.26. The quantitative estimate of drug-likeness (QED) is 0.769. The number of allylic oxidation sites excluding steroid dienone is 1. The van der Waals surface area contributed by atoms with Crippen molar-refractivity contribution in [3.63, 3.8) is 0 Å².